The molecule has 0 aromatic heterocycles. The van der Waals surface area contributed by atoms with Gasteiger partial charge >= 0.3 is 5.97 Å². The van der Waals surface area contributed by atoms with Gasteiger partial charge in [0.1, 0.15) is 4.90 Å². The second kappa shape index (κ2) is 10.5. The fourth-order valence-corrected chi connectivity index (χ4v) is 5.51. The van der Waals surface area contributed by atoms with Crippen LogP contribution in [0.5, 0.6) is 0 Å². The summed E-state index contributed by atoms with van der Waals surface area (Å²) in [6.45, 7) is 3.55. The first kappa shape index (κ1) is 24.9. The molecule has 0 aliphatic carbocycles. The predicted octanol–water partition coefficient (Wildman–Crippen LogP) is 3.90. The van der Waals surface area contributed by atoms with E-state index in [1.54, 1.807) is 24.3 Å². The van der Waals surface area contributed by atoms with E-state index in [0.717, 1.165) is 19.3 Å². The standard InChI is InChI=1S/C23H25ClN2O6S/c1-15(27)18-8-4-5-9-20(18)25-22(28)16(2)32-23(29)17-10-11-19(24)21(14-17)33(30,31)26-12-6-3-7-13-26/h4-5,8-11,14,16H,3,6-7,12-13H2,1-2H3,(H,25,28). The van der Waals surface area contributed by atoms with E-state index in [1.807, 2.05) is 0 Å². The lowest BCUT2D eigenvalue weighted by molar-refractivity contribution is -0.123. The number of rotatable bonds is 7. The molecule has 10 heteroatoms. The van der Waals surface area contributed by atoms with Crippen LogP contribution in [0.1, 0.15) is 53.8 Å². The minimum absolute atomic E-state index is 0.00348. The summed E-state index contributed by atoms with van der Waals surface area (Å²) in [5.41, 5.74) is 0.590. The number of carbonyl (C=O) groups is 3. The number of carbonyl (C=O) groups excluding carboxylic acids is 3. The van der Waals surface area contributed by atoms with Crippen LogP contribution in [-0.4, -0.2) is 49.6 Å². The highest BCUT2D eigenvalue weighted by Gasteiger charge is 2.29. The minimum atomic E-state index is -3.86. The van der Waals surface area contributed by atoms with Crippen molar-refractivity contribution >= 4 is 45.0 Å². The Morgan fingerprint density at radius 3 is 2.39 bits per heavy atom. The number of benzene rings is 2. The van der Waals surface area contributed by atoms with Crippen molar-refractivity contribution in [3.63, 3.8) is 0 Å². The molecule has 1 aliphatic heterocycles. The van der Waals surface area contributed by atoms with Crippen LogP contribution < -0.4 is 5.32 Å². The van der Waals surface area contributed by atoms with Crippen molar-refractivity contribution < 1.29 is 27.5 Å². The number of amides is 1. The molecule has 0 spiro atoms. The van der Waals surface area contributed by atoms with Crippen molar-refractivity contribution in [2.45, 2.75) is 44.1 Å². The third kappa shape index (κ3) is 5.79. The van der Waals surface area contributed by atoms with Gasteiger partial charge in [0.05, 0.1) is 16.3 Å². The van der Waals surface area contributed by atoms with E-state index in [0.29, 0.717) is 24.3 Å². The van der Waals surface area contributed by atoms with Crippen molar-refractivity contribution in [1.29, 1.82) is 0 Å². The first-order chi connectivity index (χ1) is 15.6. The number of Topliss-reactive ketones (excluding diaryl/α,β-unsaturated/α-hetero) is 1. The molecule has 33 heavy (non-hydrogen) atoms. The zero-order valence-electron chi connectivity index (χ0n) is 18.3. The van der Waals surface area contributed by atoms with Crippen LogP contribution in [0.15, 0.2) is 47.4 Å². The van der Waals surface area contributed by atoms with Crippen LogP contribution in [0.25, 0.3) is 0 Å². The lowest BCUT2D eigenvalue weighted by Gasteiger charge is -2.26. The second-order valence-corrected chi connectivity index (χ2v) is 10.1. The van der Waals surface area contributed by atoms with Crippen molar-refractivity contribution in [1.82, 2.24) is 4.31 Å². The van der Waals surface area contributed by atoms with Gasteiger partial charge in [0.2, 0.25) is 10.0 Å². The van der Waals surface area contributed by atoms with E-state index >= 15 is 0 Å². The minimum Gasteiger partial charge on any atom is -0.449 e. The molecule has 2 aromatic carbocycles. The van der Waals surface area contributed by atoms with Gasteiger partial charge < -0.3 is 10.1 Å². The van der Waals surface area contributed by atoms with Gasteiger partial charge in [-0.15, -0.1) is 0 Å². The topological polar surface area (TPSA) is 110 Å². The summed E-state index contributed by atoms with van der Waals surface area (Å²) in [6, 6.07) is 10.3. The van der Waals surface area contributed by atoms with Gasteiger partial charge in [0.15, 0.2) is 11.9 Å². The van der Waals surface area contributed by atoms with Gasteiger partial charge in [-0.25, -0.2) is 13.2 Å². The van der Waals surface area contributed by atoms with E-state index in [4.69, 9.17) is 16.3 Å². The maximum atomic E-state index is 13.0. The smallest absolute Gasteiger partial charge is 0.338 e. The zero-order valence-corrected chi connectivity index (χ0v) is 19.9. The third-order valence-electron chi connectivity index (χ3n) is 5.32. The van der Waals surface area contributed by atoms with E-state index in [-0.39, 0.29) is 21.3 Å². The summed E-state index contributed by atoms with van der Waals surface area (Å²) in [5.74, 6) is -1.73. The quantitative estimate of drug-likeness (QED) is 0.463. The summed E-state index contributed by atoms with van der Waals surface area (Å²) < 4.78 is 32.6. The van der Waals surface area contributed by atoms with E-state index in [2.05, 4.69) is 5.32 Å². The molecule has 1 atom stereocenters. The Labute approximate surface area is 197 Å². The molecule has 1 heterocycles. The molecule has 1 saturated heterocycles. The molecule has 3 rings (SSSR count). The summed E-state index contributed by atoms with van der Waals surface area (Å²) >= 11 is 6.14. The van der Waals surface area contributed by atoms with Gasteiger partial charge in [0.25, 0.3) is 5.91 Å². The Kier molecular flexibility index (Phi) is 7.88. The molecule has 1 unspecified atom stereocenters. The number of anilines is 1. The number of halogens is 1. The number of ether oxygens (including phenoxy) is 1. The number of nitrogens with one attached hydrogen (secondary N) is 1. The Balaban J connectivity index is 1.74. The number of hydrogen-bond acceptors (Lipinski definition) is 6. The van der Waals surface area contributed by atoms with Crippen molar-refractivity contribution in [3.8, 4) is 0 Å². The molecular formula is C23H25ClN2O6S. The molecule has 2 aromatic rings. The fourth-order valence-electron chi connectivity index (χ4n) is 3.49. The van der Waals surface area contributed by atoms with Gasteiger partial charge in [-0.2, -0.15) is 4.31 Å². The zero-order chi connectivity index (χ0) is 24.2. The van der Waals surface area contributed by atoms with E-state index < -0.39 is 28.0 Å². The second-order valence-electron chi connectivity index (χ2n) is 7.75. The predicted molar refractivity (Wildman–Crippen MR) is 124 cm³/mol. The fraction of sp³-hybridized carbons (Fsp3) is 0.348. The summed E-state index contributed by atoms with van der Waals surface area (Å²) in [6.07, 6.45) is 1.29. The van der Waals surface area contributed by atoms with E-state index in [1.165, 1.54) is 36.4 Å². The van der Waals surface area contributed by atoms with Crippen LogP contribution in [0.3, 0.4) is 0 Å². The third-order valence-corrected chi connectivity index (χ3v) is 7.70. The van der Waals surface area contributed by atoms with Gasteiger partial charge in [-0.1, -0.05) is 30.2 Å². The van der Waals surface area contributed by atoms with Crippen LogP contribution in [0, 0.1) is 0 Å². The Bertz CT molecular complexity index is 1180. The van der Waals surface area contributed by atoms with Gasteiger partial charge in [0, 0.05) is 18.7 Å². The number of nitrogens with zero attached hydrogens (tertiary/aromatic N) is 1. The molecule has 1 aliphatic rings. The summed E-state index contributed by atoms with van der Waals surface area (Å²) in [4.78, 5) is 36.7. The highest BCUT2D eigenvalue weighted by atomic mass is 35.5. The normalized spacial score (nSPS) is 15.5. The molecule has 1 N–H and O–H groups in total. The first-order valence-corrected chi connectivity index (χ1v) is 12.3. The Morgan fingerprint density at radius 2 is 1.73 bits per heavy atom. The number of ketones is 1. The Hall–Kier alpha value is -2.75. The maximum Gasteiger partial charge on any atom is 0.338 e. The lowest BCUT2D eigenvalue weighted by Crippen LogP contribution is -2.36. The number of piperidine rings is 1. The molecule has 8 nitrogen and oxygen atoms in total. The van der Waals surface area contributed by atoms with Crippen molar-refractivity contribution in [2.24, 2.45) is 0 Å². The molecule has 0 radical (unpaired) electrons. The number of esters is 1. The van der Waals surface area contributed by atoms with Crippen molar-refractivity contribution in [2.75, 3.05) is 18.4 Å². The molecule has 1 fully saturated rings. The SMILES string of the molecule is CC(=O)c1ccccc1NC(=O)C(C)OC(=O)c1ccc(Cl)c(S(=O)(=O)N2CCCCC2)c1. The average molecular weight is 493 g/mol. The van der Waals surface area contributed by atoms with Crippen LogP contribution >= 0.6 is 11.6 Å². The van der Waals surface area contributed by atoms with Gasteiger partial charge in [-0.05, 0) is 57.0 Å². The summed E-state index contributed by atoms with van der Waals surface area (Å²) in [7, 11) is -3.86. The highest BCUT2D eigenvalue weighted by Crippen LogP contribution is 2.28. The Morgan fingerprint density at radius 1 is 1.06 bits per heavy atom. The number of sulfonamides is 1. The first-order valence-electron chi connectivity index (χ1n) is 10.5. The lowest BCUT2D eigenvalue weighted by atomic mass is 10.1. The molecule has 0 bridgehead atoms. The highest BCUT2D eigenvalue weighted by molar-refractivity contribution is 7.89. The largest absolute Gasteiger partial charge is 0.449 e. The van der Waals surface area contributed by atoms with Crippen LogP contribution in [-0.2, 0) is 19.6 Å². The van der Waals surface area contributed by atoms with Crippen LogP contribution in [0.4, 0.5) is 5.69 Å². The molecule has 0 saturated carbocycles. The maximum absolute atomic E-state index is 13.0. The average Bonchev–Trinajstić information content (AvgIpc) is 2.79. The molecule has 176 valence electrons. The monoisotopic (exact) mass is 492 g/mol. The number of para-hydroxylation sites is 1. The van der Waals surface area contributed by atoms with Crippen LogP contribution in [0.2, 0.25) is 5.02 Å². The van der Waals surface area contributed by atoms with Gasteiger partial charge in [-0.3, -0.25) is 9.59 Å². The van der Waals surface area contributed by atoms with Crippen molar-refractivity contribution in [3.05, 3.63) is 58.6 Å². The number of hydrogen-bond donors (Lipinski definition) is 1. The summed E-state index contributed by atoms with van der Waals surface area (Å²) in [5, 5.41) is 2.58. The molecule has 1 amide bonds. The molecular weight excluding hydrogens is 468 g/mol. The van der Waals surface area contributed by atoms with E-state index in [9.17, 15) is 22.8 Å².